The third-order valence-corrected chi connectivity index (χ3v) is 3.41. The number of aromatic nitrogens is 1. The Kier molecular flexibility index (Phi) is 3.71. The van der Waals surface area contributed by atoms with Crippen LogP contribution in [-0.4, -0.2) is 34.0 Å². The van der Waals surface area contributed by atoms with E-state index in [-0.39, 0.29) is 24.3 Å². The van der Waals surface area contributed by atoms with Gasteiger partial charge in [0.15, 0.2) is 0 Å². The summed E-state index contributed by atoms with van der Waals surface area (Å²) in [5, 5.41) is 6.98. The Bertz CT molecular complexity index is 488. The zero-order valence-corrected chi connectivity index (χ0v) is 11.7. The molecule has 1 aromatic rings. The van der Waals surface area contributed by atoms with Crippen molar-refractivity contribution in [3.05, 3.63) is 17.0 Å². The van der Waals surface area contributed by atoms with E-state index in [1.54, 1.807) is 0 Å². The van der Waals surface area contributed by atoms with Crippen LogP contribution in [0.2, 0.25) is 0 Å². The molecule has 1 fully saturated rings. The second-order valence-corrected chi connectivity index (χ2v) is 5.14. The average Bonchev–Trinajstić information content (AvgIpc) is 2.78. The molecule has 2 heterocycles. The van der Waals surface area contributed by atoms with E-state index in [1.165, 1.54) is 4.90 Å². The van der Waals surface area contributed by atoms with E-state index in [4.69, 9.17) is 4.52 Å². The van der Waals surface area contributed by atoms with Gasteiger partial charge in [-0.05, 0) is 27.7 Å². The molecule has 0 aromatic carbocycles. The van der Waals surface area contributed by atoms with E-state index in [9.17, 15) is 9.59 Å². The van der Waals surface area contributed by atoms with E-state index in [0.29, 0.717) is 6.54 Å². The molecule has 0 radical (unpaired) electrons. The lowest BCUT2D eigenvalue weighted by atomic mass is 10.2. The second-order valence-electron chi connectivity index (χ2n) is 5.14. The molecule has 1 aliphatic heterocycles. The SMILES string of the molecule is Cc1noc(C)c1CNC1CC(=O)N(C(C)C)C1=O. The fourth-order valence-electron chi connectivity index (χ4n) is 2.33. The number of hydrogen-bond acceptors (Lipinski definition) is 5. The molecular formula is C13H19N3O3. The Balaban J connectivity index is 2.02. The number of nitrogens with zero attached hydrogens (tertiary/aromatic N) is 2. The van der Waals surface area contributed by atoms with Crippen LogP contribution in [0.4, 0.5) is 0 Å². The Labute approximate surface area is 112 Å². The first kappa shape index (κ1) is 13.7. The summed E-state index contributed by atoms with van der Waals surface area (Å²) < 4.78 is 5.07. The minimum absolute atomic E-state index is 0.0918. The van der Waals surface area contributed by atoms with Crippen LogP contribution in [0.1, 0.15) is 37.3 Å². The summed E-state index contributed by atoms with van der Waals surface area (Å²) >= 11 is 0. The molecule has 6 heteroatoms. The van der Waals surface area contributed by atoms with Crippen molar-refractivity contribution in [2.45, 2.75) is 52.7 Å². The van der Waals surface area contributed by atoms with Gasteiger partial charge in [-0.3, -0.25) is 14.5 Å². The van der Waals surface area contributed by atoms with Crippen molar-refractivity contribution in [2.24, 2.45) is 0 Å². The molecule has 2 rings (SSSR count). The fourth-order valence-corrected chi connectivity index (χ4v) is 2.33. The molecule has 6 nitrogen and oxygen atoms in total. The molecule has 0 aliphatic carbocycles. The first-order valence-corrected chi connectivity index (χ1v) is 6.42. The number of aryl methyl sites for hydroxylation is 2. The van der Waals surface area contributed by atoms with Crippen molar-refractivity contribution in [3.63, 3.8) is 0 Å². The Morgan fingerprint density at radius 3 is 2.58 bits per heavy atom. The number of nitrogens with one attached hydrogen (secondary N) is 1. The summed E-state index contributed by atoms with van der Waals surface area (Å²) in [5.74, 6) is 0.477. The number of carbonyl (C=O) groups excluding carboxylic acids is 2. The monoisotopic (exact) mass is 265 g/mol. The molecular weight excluding hydrogens is 246 g/mol. The van der Waals surface area contributed by atoms with Gasteiger partial charge in [0.05, 0.1) is 18.2 Å². The molecule has 1 N–H and O–H groups in total. The normalized spacial score (nSPS) is 19.8. The van der Waals surface area contributed by atoms with Crippen LogP contribution in [0, 0.1) is 13.8 Å². The van der Waals surface area contributed by atoms with Gasteiger partial charge < -0.3 is 9.84 Å². The number of rotatable bonds is 4. The van der Waals surface area contributed by atoms with Crippen LogP contribution >= 0.6 is 0 Å². The summed E-state index contributed by atoms with van der Waals surface area (Å²) in [6.45, 7) is 7.85. The summed E-state index contributed by atoms with van der Waals surface area (Å²) in [5.41, 5.74) is 1.76. The van der Waals surface area contributed by atoms with Gasteiger partial charge in [-0.25, -0.2) is 0 Å². The first-order chi connectivity index (χ1) is 8.91. The summed E-state index contributed by atoms with van der Waals surface area (Å²) in [6, 6.07) is -0.533. The minimum Gasteiger partial charge on any atom is -0.361 e. The fraction of sp³-hybridized carbons (Fsp3) is 0.615. The van der Waals surface area contributed by atoms with Crippen LogP contribution < -0.4 is 5.32 Å². The van der Waals surface area contributed by atoms with Crippen LogP contribution in [0.3, 0.4) is 0 Å². The standard InChI is InChI=1S/C13H19N3O3/c1-7(2)16-12(17)5-11(13(16)18)14-6-10-8(3)15-19-9(10)4/h7,11,14H,5-6H2,1-4H3. The topological polar surface area (TPSA) is 75.4 Å². The van der Waals surface area contributed by atoms with Gasteiger partial charge in [0.2, 0.25) is 11.8 Å². The molecule has 1 aliphatic rings. The lowest BCUT2D eigenvalue weighted by Gasteiger charge is -2.19. The van der Waals surface area contributed by atoms with Gasteiger partial charge in [-0.2, -0.15) is 0 Å². The lowest BCUT2D eigenvalue weighted by molar-refractivity contribution is -0.140. The third-order valence-electron chi connectivity index (χ3n) is 3.41. The Hall–Kier alpha value is -1.69. The molecule has 1 atom stereocenters. The molecule has 0 spiro atoms. The summed E-state index contributed by atoms with van der Waals surface area (Å²) in [4.78, 5) is 25.2. The molecule has 19 heavy (non-hydrogen) atoms. The van der Waals surface area contributed by atoms with Crippen molar-refractivity contribution in [1.82, 2.24) is 15.4 Å². The van der Waals surface area contributed by atoms with Crippen molar-refractivity contribution in [1.29, 1.82) is 0 Å². The van der Waals surface area contributed by atoms with Gasteiger partial charge in [0, 0.05) is 18.2 Å². The molecule has 1 unspecified atom stereocenters. The van der Waals surface area contributed by atoms with E-state index in [2.05, 4.69) is 10.5 Å². The van der Waals surface area contributed by atoms with Crippen LogP contribution in [0.25, 0.3) is 0 Å². The highest BCUT2D eigenvalue weighted by molar-refractivity contribution is 6.05. The van der Waals surface area contributed by atoms with Gasteiger partial charge in [0.25, 0.3) is 0 Å². The lowest BCUT2D eigenvalue weighted by Crippen LogP contribution is -2.41. The third kappa shape index (κ3) is 2.53. The number of imide groups is 1. The molecule has 1 saturated heterocycles. The zero-order chi connectivity index (χ0) is 14.2. The minimum atomic E-state index is -0.441. The maximum Gasteiger partial charge on any atom is 0.247 e. The van der Waals surface area contributed by atoms with E-state index >= 15 is 0 Å². The van der Waals surface area contributed by atoms with Crippen LogP contribution in [-0.2, 0) is 16.1 Å². The summed E-state index contributed by atoms with van der Waals surface area (Å²) in [7, 11) is 0. The van der Waals surface area contributed by atoms with Crippen LogP contribution in [0.15, 0.2) is 4.52 Å². The van der Waals surface area contributed by atoms with Gasteiger partial charge >= 0.3 is 0 Å². The van der Waals surface area contributed by atoms with Gasteiger partial charge in [-0.1, -0.05) is 5.16 Å². The maximum absolute atomic E-state index is 12.1. The quantitative estimate of drug-likeness (QED) is 0.819. The van der Waals surface area contributed by atoms with Crippen molar-refractivity contribution in [3.8, 4) is 0 Å². The van der Waals surface area contributed by atoms with Gasteiger partial charge in [-0.15, -0.1) is 0 Å². The zero-order valence-electron chi connectivity index (χ0n) is 11.7. The predicted octanol–water partition coefficient (Wildman–Crippen LogP) is 0.917. The largest absolute Gasteiger partial charge is 0.361 e. The van der Waals surface area contributed by atoms with E-state index < -0.39 is 6.04 Å². The van der Waals surface area contributed by atoms with Crippen molar-refractivity contribution in [2.75, 3.05) is 0 Å². The Morgan fingerprint density at radius 2 is 2.11 bits per heavy atom. The van der Waals surface area contributed by atoms with Crippen molar-refractivity contribution < 1.29 is 14.1 Å². The smallest absolute Gasteiger partial charge is 0.247 e. The summed E-state index contributed by atoms with van der Waals surface area (Å²) in [6.07, 6.45) is 0.223. The highest BCUT2D eigenvalue weighted by atomic mass is 16.5. The highest BCUT2D eigenvalue weighted by Gasteiger charge is 2.39. The molecule has 2 amide bonds. The number of likely N-dealkylation sites (tertiary alicyclic amines) is 1. The molecule has 0 saturated carbocycles. The van der Waals surface area contributed by atoms with E-state index in [0.717, 1.165) is 17.0 Å². The molecule has 1 aromatic heterocycles. The molecule has 104 valence electrons. The van der Waals surface area contributed by atoms with E-state index in [1.807, 2.05) is 27.7 Å². The predicted molar refractivity (Wildman–Crippen MR) is 68.2 cm³/mol. The maximum atomic E-state index is 12.1. The molecule has 0 bridgehead atoms. The van der Waals surface area contributed by atoms with Gasteiger partial charge in [0.1, 0.15) is 5.76 Å². The highest BCUT2D eigenvalue weighted by Crippen LogP contribution is 2.18. The number of hydrogen-bond donors (Lipinski definition) is 1. The number of amides is 2. The number of carbonyl (C=O) groups is 2. The van der Waals surface area contributed by atoms with Crippen LogP contribution in [0.5, 0.6) is 0 Å². The van der Waals surface area contributed by atoms with Crippen molar-refractivity contribution >= 4 is 11.8 Å². The second kappa shape index (κ2) is 5.13. The Morgan fingerprint density at radius 1 is 1.42 bits per heavy atom. The first-order valence-electron chi connectivity index (χ1n) is 6.42. The average molecular weight is 265 g/mol.